The molecule has 0 radical (unpaired) electrons. The molecule has 0 aromatic heterocycles. The van der Waals surface area contributed by atoms with Crippen LogP contribution in [0.5, 0.6) is 0 Å². The van der Waals surface area contributed by atoms with Gasteiger partial charge in [0.25, 0.3) is 0 Å². The minimum Gasteiger partial charge on any atom is -0.379 e. The lowest BCUT2D eigenvalue weighted by Crippen LogP contribution is -2.43. The van der Waals surface area contributed by atoms with Crippen LogP contribution in [-0.4, -0.2) is 32.2 Å². The Morgan fingerprint density at radius 2 is 2.10 bits per heavy atom. The molecule has 1 aliphatic heterocycles. The summed E-state index contributed by atoms with van der Waals surface area (Å²) in [5.74, 6) is -2.24. The normalized spacial score (nSPS) is 23.6. The number of carbonyl (C=O) groups is 1. The minimum absolute atomic E-state index is 0.0212. The molecular formula is C14H18F2N2O2. The van der Waals surface area contributed by atoms with Crippen LogP contribution < -0.4 is 10.6 Å². The summed E-state index contributed by atoms with van der Waals surface area (Å²) in [6.07, 6.45) is 0. The van der Waals surface area contributed by atoms with Gasteiger partial charge in [0.15, 0.2) is 11.6 Å². The lowest BCUT2D eigenvalue weighted by Gasteiger charge is -2.20. The Bertz CT molecular complexity index is 496. The van der Waals surface area contributed by atoms with E-state index in [1.165, 1.54) is 6.07 Å². The van der Waals surface area contributed by atoms with Crippen LogP contribution in [0, 0.1) is 17.6 Å². The van der Waals surface area contributed by atoms with Gasteiger partial charge in [-0.2, -0.15) is 0 Å². The molecule has 3 atom stereocenters. The van der Waals surface area contributed by atoms with Crippen LogP contribution in [0.2, 0.25) is 0 Å². The number of carbonyl (C=O) groups excluding carboxylic acids is 1. The van der Waals surface area contributed by atoms with E-state index >= 15 is 0 Å². The summed E-state index contributed by atoms with van der Waals surface area (Å²) in [5.41, 5.74) is 0.525. The third-order valence-corrected chi connectivity index (χ3v) is 3.59. The maximum absolute atomic E-state index is 13.2. The van der Waals surface area contributed by atoms with Gasteiger partial charge in [-0.1, -0.05) is 6.07 Å². The molecule has 1 heterocycles. The number of amides is 1. The zero-order chi connectivity index (χ0) is 14.7. The van der Waals surface area contributed by atoms with Gasteiger partial charge in [-0.15, -0.1) is 0 Å². The molecule has 20 heavy (non-hydrogen) atoms. The number of likely N-dealkylation sites (N-methyl/N-ethyl adjacent to an activating group) is 1. The maximum Gasteiger partial charge on any atom is 0.227 e. The molecule has 4 nitrogen and oxygen atoms in total. The zero-order valence-electron chi connectivity index (χ0n) is 11.5. The molecule has 0 bridgehead atoms. The predicted molar refractivity (Wildman–Crippen MR) is 70.1 cm³/mol. The maximum atomic E-state index is 13.2. The number of rotatable bonds is 4. The van der Waals surface area contributed by atoms with Crippen molar-refractivity contribution in [2.45, 2.75) is 19.0 Å². The first kappa shape index (κ1) is 14.9. The van der Waals surface area contributed by atoms with E-state index < -0.39 is 17.7 Å². The van der Waals surface area contributed by atoms with E-state index in [1.54, 1.807) is 14.0 Å². The molecule has 1 aromatic carbocycles. The van der Waals surface area contributed by atoms with Crippen LogP contribution in [0.4, 0.5) is 8.78 Å². The molecule has 1 saturated heterocycles. The smallest absolute Gasteiger partial charge is 0.227 e. The molecule has 3 unspecified atom stereocenters. The van der Waals surface area contributed by atoms with Gasteiger partial charge >= 0.3 is 0 Å². The quantitative estimate of drug-likeness (QED) is 0.878. The summed E-state index contributed by atoms with van der Waals surface area (Å²) in [6, 6.07) is 3.20. The van der Waals surface area contributed by atoms with Crippen LogP contribution in [0.25, 0.3) is 0 Å². The molecule has 1 aromatic rings. The third-order valence-electron chi connectivity index (χ3n) is 3.59. The highest BCUT2D eigenvalue weighted by molar-refractivity contribution is 5.80. The summed E-state index contributed by atoms with van der Waals surface area (Å²) in [7, 11) is 1.78. The Labute approximate surface area is 116 Å². The van der Waals surface area contributed by atoms with E-state index in [0.717, 1.165) is 12.1 Å². The molecule has 6 heteroatoms. The Hall–Kier alpha value is -1.53. The van der Waals surface area contributed by atoms with Gasteiger partial charge in [0, 0.05) is 6.04 Å². The van der Waals surface area contributed by atoms with Crippen LogP contribution >= 0.6 is 0 Å². The highest BCUT2D eigenvalue weighted by Crippen LogP contribution is 2.19. The van der Waals surface area contributed by atoms with Crippen molar-refractivity contribution in [1.82, 2.24) is 10.6 Å². The monoisotopic (exact) mass is 284 g/mol. The predicted octanol–water partition coefficient (Wildman–Crippen LogP) is 1.38. The second kappa shape index (κ2) is 6.28. The summed E-state index contributed by atoms with van der Waals surface area (Å²) < 4.78 is 31.3. The highest BCUT2D eigenvalue weighted by Gasteiger charge is 2.33. The van der Waals surface area contributed by atoms with E-state index in [4.69, 9.17) is 4.74 Å². The Morgan fingerprint density at radius 1 is 1.35 bits per heavy atom. The van der Waals surface area contributed by atoms with Crippen LogP contribution in [0.15, 0.2) is 18.2 Å². The van der Waals surface area contributed by atoms with E-state index in [1.807, 2.05) is 0 Å². The number of benzene rings is 1. The molecule has 2 N–H and O–H groups in total. The summed E-state index contributed by atoms with van der Waals surface area (Å²) >= 11 is 0. The minimum atomic E-state index is -0.916. The molecule has 0 aliphatic carbocycles. The second-order valence-corrected chi connectivity index (χ2v) is 4.94. The zero-order valence-corrected chi connectivity index (χ0v) is 11.5. The fraction of sp³-hybridized carbons (Fsp3) is 0.500. The molecule has 0 spiro atoms. The van der Waals surface area contributed by atoms with Gasteiger partial charge < -0.3 is 15.4 Å². The van der Waals surface area contributed by atoms with Crippen LogP contribution in [0.3, 0.4) is 0 Å². The molecule has 2 rings (SSSR count). The average molecular weight is 284 g/mol. The Kier molecular flexibility index (Phi) is 4.67. The molecular weight excluding hydrogens is 266 g/mol. The third kappa shape index (κ3) is 3.13. The van der Waals surface area contributed by atoms with Gasteiger partial charge in [-0.05, 0) is 31.7 Å². The Morgan fingerprint density at radius 3 is 2.75 bits per heavy atom. The highest BCUT2D eigenvalue weighted by atomic mass is 19.2. The lowest BCUT2D eigenvalue weighted by molar-refractivity contribution is -0.126. The molecule has 1 aliphatic rings. The summed E-state index contributed by atoms with van der Waals surface area (Å²) in [5, 5.41) is 5.83. The van der Waals surface area contributed by atoms with Crippen molar-refractivity contribution in [2.24, 2.45) is 5.92 Å². The summed E-state index contributed by atoms with van der Waals surface area (Å²) in [6.45, 7) is 2.59. The number of halogens is 2. The van der Waals surface area contributed by atoms with Crippen LogP contribution in [0.1, 0.15) is 18.5 Å². The second-order valence-electron chi connectivity index (χ2n) is 4.94. The van der Waals surface area contributed by atoms with Crippen molar-refractivity contribution >= 4 is 5.91 Å². The van der Waals surface area contributed by atoms with Gasteiger partial charge in [-0.25, -0.2) is 8.78 Å². The van der Waals surface area contributed by atoms with Crippen molar-refractivity contribution < 1.29 is 18.3 Å². The van der Waals surface area contributed by atoms with Crippen molar-refractivity contribution in [1.29, 1.82) is 0 Å². The van der Waals surface area contributed by atoms with Crippen molar-refractivity contribution in [3.8, 4) is 0 Å². The number of ether oxygens (including phenoxy) is 1. The van der Waals surface area contributed by atoms with Crippen LogP contribution in [-0.2, 0) is 9.53 Å². The number of hydrogen-bond acceptors (Lipinski definition) is 3. The Balaban J connectivity index is 2.01. The van der Waals surface area contributed by atoms with E-state index in [-0.39, 0.29) is 17.9 Å². The first-order valence-corrected chi connectivity index (χ1v) is 6.53. The number of nitrogens with one attached hydrogen (secondary N) is 2. The van der Waals surface area contributed by atoms with Gasteiger partial charge in [0.2, 0.25) is 5.91 Å². The van der Waals surface area contributed by atoms with Gasteiger partial charge in [-0.3, -0.25) is 4.79 Å². The summed E-state index contributed by atoms with van der Waals surface area (Å²) in [4.78, 5) is 12.2. The van der Waals surface area contributed by atoms with Crippen molar-refractivity contribution in [3.05, 3.63) is 35.4 Å². The topological polar surface area (TPSA) is 50.4 Å². The fourth-order valence-corrected chi connectivity index (χ4v) is 2.28. The van der Waals surface area contributed by atoms with E-state index in [0.29, 0.717) is 18.8 Å². The van der Waals surface area contributed by atoms with Crippen molar-refractivity contribution in [2.75, 3.05) is 20.3 Å². The largest absolute Gasteiger partial charge is 0.379 e. The molecule has 1 fully saturated rings. The lowest BCUT2D eigenvalue weighted by atomic mass is 10.0. The van der Waals surface area contributed by atoms with E-state index in [2.05, 4.69) is 10.6 Å². The first-order valence-electron chi connectivity index (χ1n) is 6.53. The SMILES string of the molecule is CNC1COCC1C(=O)NC(C)c1ccc(F)c(F)c1. The van der Waals surface area contributed by atoms with Gasteiger partial charge in [0.1, 0.15) is 0 Å². The molecule has 1 amide bonds. The van der Waals surface area contributed by atoms with E-state index in [9.17, 15) is 13.6 Å². The first-order chi connectivity index (χ1) is 9.52. The fourth-order valence-electron chi connectivity index (χ4n) is 2.28. The molecule has 0 saturated carbocycles. The van der Waals surface area contributed by atoms with Crippen molar-refractivity contribution in [3.63, 3.8) is 0 Å². The molecule has 110 valence electrons. The number of hydrogen-bond donors (Lipinski definition) is 2. The average Bonchev–Trinajstić information content (AvgIpc) is 2.90. The standard InChI is InChI=1S/C14H18F2N2O2/c1-8(9-3-4-11(15)12(16)5-9)18-14(19)10-6-20-7-13(10)17-2/h3-5,8,10,13,17H,6-7H2,1-2H3,(H,18,19). The van der Waals surface area contributed by atoms with Gasteiger partial charge in [0.05, 0.1) is 25.2 Å².